The molecule has 0 radical (unpaired) electrons. The van der Waals surface area contributed by atoms with Crippen LogP contribution in [0.1, 0.15) is 41.0 Å². The van der Waals surface area contributed by atoms with E-state index < -0.39 is 24.3 Å². The number of piperidine rings is 1. The highest BCUT2D eigenvalue weighted by atomic mass is 19.1. The minimum atomic E-state index is -0.570. The molecule has 2 amide bonds. The van der Waals surface area contributed by atoms with Gasteiger partial charge in [-0.25, -0.2) is 14.0 Å². The van der Waals surface area contributed by atoms with E-state index in [4.69, 9.17) is 28.4 Å². The van der Waals surface area contributed by atoms with Gasteiger partial charge in [0.2, 0.25) is 0 Å². The minimum Gasteiger partial charge on any atom is -0.490 e. The Labute approximate surface area is 375 Å². The van der Waals surface area contributed by atoms with Gasteiger partial charge < -0.3 is 48.0 Å². The molecule has 3 aliphatic heterocycles. The van der Waals surface area contributed by atoms with Crippen LogP contribution in [0.2, 0.25) is 0 Å². The number of hydrogen-bond acceptors (Lipinski definition) is 10. The number of amides is 2. The van der Waals surface area contributed by atoms with E-state index in [-0.39, 0.29) is 50.7 Å². The zero-order chi connectivity index (χ0) is 44.3. The number of ether oxygens (including phenoxy) is 6. The fraction of sp³-hybridized carbons (Fsp3) is 0.373. The summed E-state index contributed by atoms with van der Waals surface area (Å²) >= 11 is 0. The van der Waals surface area contributed by atoms with Gasteiger partial charge >= 0.3 is 12.2 Å². The summed E-state index contributed by atoms with van der Waals surface area (Å²) in [6.07, 6.45) is 0.00835. The summed E-state index contributed by atoms with van der Waals surface area (Å²) in [5.74, 6) is 0.879. The summed E-state index contributed by atoms with van der Waals surface area (Å²) in [5.41, 5.74) is 5.43. The molecule has 4 atom stereocenters. The Morgan fingerprint density at radius 2 is 1.53 bits per heavy atom. The highest BCUT2D eigenvalue weighted by Crippen LogP contribution is 2.38. The van der Waals surface area contributed by atoms with E-state index in [9.17, 15) is 14.0 Å². The number of halogens is 1. The number of likely N-dealkylation sites (tertiary alicyclic amines) is 1. The molecule has 0 N–H and O–H groups in total. The molecule has 2 fully saturated rings. The number of carbonyl (C=O) groups is 2. The fourth-order valence-corrected chi connectivity index (χ4v) is 8.80. The molecule has 5 aromatic carbocycles. The Morgan fingerprint density at radius 3 is 2.27 bits per heavy atom. The first-order valence-corrected chi connectivity index (χ1v) is 22.1. The van der Waals surface area contributed by atoms with E-state index in [0.717, 1.165) is 71.9 Å². The largest absolute Gasteiger partial charge is 0.490 e. The van der Waals surface area contributed by atoms with Crippen LogP contribution < -0.4 is 19.3 Å². The van der Waals surface area contributed by atoms with E-state index in [2.05, 4.69) is 15.9 Å². The second-order valence-corrected chi connectivity index (χ2v) is 16.5. The Morgan fingerprint density at radius 1 is 0.781 bits per heavy atom. The van der Waals surface area contributed by atoms with Crippen molar-refractivity contribution in [1.29, 1.82) is 0 Å². The molecule has 0 bridgehead atoms. The number of carbonyl (C=O) groups excluding carboxylic acids is 2. The van der Waals surface area contributed by atoms with E-state index >= 15 is 0 Å². The van der Waals surface area contributed by atoms with E-state index in [0.29, 0.717) is 25.5 Å². The maximum atomic E-state index is 14.0. The van der Waals surface area contributed by atoms with Crippen LogP contribution in [0.4, 0.5) is 25.4 Å². The van der Waals surface area contributed by atoms with E-state index in [1.165, 1.54) is 6.07 Å². The van der Waals surface area contributed by atoms with Crippen molar-refractivity contribution in [3.8, 4) is 11.5 Å². The molecule has 8 rings (SSSR count). The smallest absolute Gasteiger partial charge is 0.410 e. The highest BCUT2D eigenvalue weighted by Gasteiger charge is 2.44. The number of benzene rings is 5. The summed E-state index contributed by atoms with van der Waals surface area (Å²) in [6.45, 7) is 5.11. The molecule has 12 nitrogen and oxygen atoms in total. The molecular weight excluding hydrogens is 816 g/mol. The molecule has 0 saturated carbocycles. The van der Waals surface area contributed by atoms with Gasteiger partial charge in [0, 0.05) is 58.4 Å². The molecule has 336 valence electrons. The molecular formula is C51H57FN4O8. The van der Waals surface area contributed by atoms with Gasteiger partial charge in [0.15, 0.2) is 0 Å². The first-order chi connectivity index (χ1) is 31.3. The van der Waals surface area contributed by atoms with Gasteiger partial charge in [-0.1, -0.05) is 84.9 Å². The van der Waals surface area contributed by atoms with Crippen molar-refractivity contribution in [2.45, 2.75) is 56.8 Å². The summed E-state index contributed by atoms with van der Waals surface area (Å²) in [4.78, 5) is 35.6. The zero-order valence-corrected chi connectivity index (χ0v) is 36.6. The highest BCUT2D eigenvalue weighted by molar-refractivity contribution is 5.70. The lowest BCUT2D eigenvalue weighted by molar-refractivity contribution is -0.0512. The van der Waals surface area contributed by atoms with Gasteiger partial charge in [0.05, 0.1) is 44.1 Å². The van der Waals surface area contributed by atoms with E-state index in [1.54, 1.807) is 36.1 Å². The zero-order valence-electron chi connectivity index (χ0n) is 36.6. The number of fused-ring (bicyclic) bond motifs is 1. The van der Waals surface area contributed by atoms with E-state index in [1.807, 2.05) is 103 Å². The Hall–Kier alpha value is -6.31. The maximum Gasteiger partial charge on any atom is 0.410 e. The molecule has 13 heteroatoms. The number of methoxy groups -OCH3 is 1. The summed E-state index contributed by atoms with van der Waals surface area (Å²) in [5, 5.41) is 0. The topological polar surface area (TPSA) is 102 Å². The van der Waals surface area contributed by atoms with Crippen LogP contribution in [0.25, 0.3) is 0 Å². The molecule has 3 aliphatic rings. The average Bonchev–Trinajstić information content (AvgIpc) is 3.81. The molecule has 2 saturated heterocycles. The quantitative estimate of drug-likeness (QED) is 0.0896. The predicted octanol–water partition coefficient (Wildman–Crippen LogP) is 8.68. The number of rotatable bonds is 16. The number of hydrogen-bond donors (Lipinski definition) is 0. The molecule has 3 heterocycles. The van der Waals surface area contributed by atoms with Gasteiger partial charge in [0.25, 0.3) is 0 Å². The summed E-state index contributed by atoms with van der Waals surface area (Å²) < 4.78 is 50.5. The molecule has 0 spiro atoms. The van der Waals surface area contributed by atoms with Crippen LogP contribution in [0.5, 0.6) is 11.5 Å². The SMILES string of the molecule is COCCCN1CCOc2ccc(CO[C@H]3CN(C(=O)OCc4ccccc4)C[C@@H](N(C)C(=O)OCc4ccccc4)[C@@H]3c3ccc(OC4CCN(c5cccc(F)c5)C4)cc3)cc21. The first-order valence-electron chi connectivity index (χ1n) is 22.1. The maximum absolute atomic E-state index is 14.0. The van der Waals surface area contributed by atoms with Crippen LogP contribution in [0, 0.1) is 5.82 Å². The third-order valence-corrected chi connectivity index (χ3v) is 12.2. The van der Waals surface area contributed by atoms with Crippen molar-refractivity contribution in [2.24, 2.45) is 0 Å². The number of nitrogens with zero attached hydrogens (tertiary/aromatic N) is 4. The van der Waals surface area contributed by atoms with Gasteiger partial charge in [-0.2, -0.15) is 0 Å². The lowest BCUT2D eigenvalue weighted by atomic mass is 9.82. The van der Waals surface area contributed by atoms with Gasteiger partial charge in [0.1, 0.15) is 43.2 Å². The standard InChI is InChI=1S/C51H57FN4O8/c1-53(50(57)62-34-37-11-5-3-6-12-37)46-32-56(51(58)63-35-38-13-7-4-8-14-38)33-48(61-36-39-17-22-47-45(29-39)54(26-28-60-47)24-10-27-59-2)49(46)40-18-20-43(21-19-40)64-44-23-25-55(31-44)42-16-9-15-41(52)30-42/h3-9,11-22,29-30,44,46,48-49H,10,23-28,31-36H2,1-2H3/t44?,46-,48+,49+/m1/s1. The molecule has 5 aromatic rings. The molecule has 64 heavy (non-hydrogen) atoms. The number of likely N-dealkylation sites (N-methyl/N-ethyl adjacent to an activating group) is 1. The monoisotopic (exact) mass is 872 g/mol. The predicted molar refractivity (Wildman–Crippen MR) is 242 cm³/mol. The van der Waals surface area contributed by atoms with Gasteiger partial charge in [-0.3, -0.25) is 0 Å². The lowest BCUT2D eigenvalue weighted by Crippen LogP contribution is -2.59. The Kier molecular flexibility index (Phi) is 14.8. The minimum absolute atomic E-state index is 0.0773. The van der Waals surface area contributed by atoms with Crippen molar-refractivity contribution >= 4 is 23.6 Å². The average molecular weight is 873 g/mol. The van der Waals surface area contributed by atoms with Gasteiger partial charge in [-0.15, -0.1) is 0 Å². The van der Waals surface area contributed by atoms with Crippen LogP contribution in [-0.4, -0.2) is 107 Å². The second kappa shape index (κ2) is 21.4. The van der Waals surface area contributed by atoms with Crippen LogP contribution in [0.15, 0.2) is 127 Å². The van der Waals surface area contributed by atoms with Crippen molar-refractivity contribution in [2.75, 3.05) is 76.4 Å². The van der Waals surface area contributed by atoms with Crippen molar-refractivity contribution < 1.29 is 42.4 Å². The summed E-state index contributed by atoms with van der Waals surface area (Å²) in [7, 11) is 3.43. The fourth-order valence-electron chi connectivity index (χ4n) is 8.80. The van der Waals surface area contributed by atoms with Crippen LogP contribution in [-0.2, 0) is 38.8 Å². The molecule has 0 aromatic heterocycles. The third-order valence-electron chi connectivity index (χ3n) is 12.2. The lowest BCUT2D eigenvalue weighted by Gasteiger charge is -2.46. The number of anilines is 2. The Balaban J connectivity index is 1.06. The summed E-state index contributed by atoms with van der Waals surface area (Å²) in [6, 6.07) is 39.2. The Bertz CT molecular complexity index is 2290. The van der Waals surface area contributed by atoms with Crippen molar-refractivity contribution in [1.82, 2.24) is 9.80 Å². The van der Waals surface area contributed by atoms with Crippen LogP contribution in [0.3, 0.4) is 0 Å². The first kappa shape index (κ1) is 44.3. The van der Waals surface area contributed by atoms with Crippen molar-refractivity contribution in [3.63, 3.8) is 0 Å². The van der Waals surface area contributed by atoms with Gasteiger partial charge in [-0.05, 0) is 71.1 Å². The molecule has 1 unspecified atom stereocenters. The van der Waals surface area contributed by atoms with Crippen molar-refractivity contribution in [3.05, 3.63) is 155 Å². The normalized spacial score (nSPS) is 19.4. The molecule has 0 aliphatic carbocycles. The van der Waals surface area contributed by atoms with Crippen LogP contribution >= 0.6 is 0 Å². The third kappa shape index (κ3) is 11.2. The second-order valence-electron chi connectivity index (χ2n) is 16.5.